The summed E-state index contributed by atoms with van der Waals surface area (Å²) in [6.07, 6.45) is 0. The van der Waals surface area contributed by atoms with Crippen LogP contribution in [-0.2, 0) is 26.7 Å². The zero-order valence-electron chi connectivity index (χ0n) is 16.8. The Morgan fingerprint density at radius 3 is 2.46 bits per heavy atom. The predicted octanol–water partition coefficient (Wildman–Crippen LogP) is 3.01. The summed E-state index contributed by atoms with van der Waals surface area (Å²) in [5, 5.41) is 4.39. The van der Waals surface area contributed by atoms with Gasteiger partial charge in [-0.1, -0.05) is 30.3 Å². The highest BCUT2D eigenvalue weighted by Gasteiger charge is 2.17. The largest absolute Gasteiger partial charge is 0.337 e. The van der Waals surface area contributed by atoms with Gasteiger partial charge in [0, 0.05) is 44.9 Å². The Balaban J connectivity index is 1.46. The van der Waals surface area contributed by atoms with Crippen molar-refractivity contribution in [1.82, 2.24) is 24.6 Å². The summed E-state index contributed by atoms with van der Waals surface area (Å²) in [4.78, 5) is 21.3. The summed E-state index contributed by atoms with van der Waals surface area (Å²) in [7, 11) is 5.84. The van der Waals surface area contributed by atoms with Crippen LogP contribution in [0.4, 0.5) is 0 Å². The molecule has 1 amide bonds. The van der Waals surface area contributed by atoms with Crippen molar-refractivity contribution in [3.8, 4) is 11.4 Å². The van der Waals surface area contributed by atoms with Gasteiger partial charge in [0.2, 0.25) is 0 Å². The van der Waals surface area contributed by atoms with Gasteiger partial charge in [0.1, 0.15) is 5.82 Å². The predicted molar refractivity (Wildman–Crippen MR) is 109 cm³/mol. The molecular weight excluding hydrogens is 350 g/mol. The van der Waals surface area contributed by atoms with Crippen LogP contribution in [0.3, 0.4) is 0 Å². The molecule has 1 aliphatic rings. The highest BCUT2D eigenvalue weighted by atomic mass is 16.2. The van der Waals surface area contributed by atoms with Crippen molar-refractivity contribution in [1.29, 1.82) is 0 Å². The molecule has 2 heterocycles. The van der Waals surface area contributed by atoms with Crippen molar-refractivity contribution in [2.75, 3.05) is 14.1 Å². The van der Waals surface area contributed by atoms with Crippen LogP contribution < -0.4 is 0 Å². The molecular formula is C22H25N5O. The zero-order valence-corrected chi connectivity index (χ0v) is 16.8. The van der Waals surface area contributed by atoms with Crippen molar-refractivity contribution in [2.45, 2.75) is 26.6 Å². The van der Waals surface area contributed by atoms with Gasteiger partial charge in [-0.05, 0) is 42.8 Å². The molecule has 0 saturated carbocycles. The maximum Gasteiger partial charge on any atom is 0.253 e. The van der Waals surface area contributed by atoms with Gasteiger partial charge in [-0.3, -0.25) is 14.4 Å². The van der Waals surface area contributed by atoms with Crippen LogP contribution in [0.25, 0.3) is 11.4 Å². The molecule has 0 radical (unpaired) electrons. The molecule has 0 atom stereocenters. The smallest absolute Gasteiger partial charge is 0.253 e. The van der Waals surface area contributed by atoms with Crippen molar-refractivity contribution in [3.05, 3.63) is 70.5 Å². The van der Waals surface area contributed by atoms with Crippen molar-refractivity contribution < 1.29 is 4.79 Å². The Kier molecular flexibility index (Phi) is 4.73. The van der Waals surface area contributed by atoms with E-state index in [0.29, 0.717) is 17.9 Å². The Morgan fingerprint density at radius 1 is 1.07 bits per heavy atom. The summed E-state index contributed by atoms with van der Waals surface area (Å²) in [5.74, 6) is 1.54. The summed E-state index contributed by atoms with van der Waals surface area (Å²) < 4.78 is 1.75. The molecule has 0 saturated heterocycles. The molecule has 6 heteroatoms. The molecule has 3 aromatic rings. The lowest BCUT2D eigenvalue weighted by Crippen LogP contribution is -2.26. The van der Waals surface area contributed by atoms with E-state index in [9.17, 15) is 4.79 Å². The maximum absolute atomic E-state index is 12.8. The third-order valence-corrected chi connectivity index (χ3v) is 5.29. The second-order valence-corrected chi connectivity index (χ2v) is 7.62. The van der Waals surface area contributed by atoms with E-state index >= 15 is 0 Å². The van der Waals surface area contributed by atoms with Crippen LogP contribution in [0, 0.1) is 6.92 Å². The van der Waals surface area contributed by atoms with Crippen molar-refractivity contribution in [3.63, 3.8) is 0 Å². The van der Waals surface area contributed by atoms with Gasteiger partial charge in [0.25, 0.3) is 5.91 Å². The lowest BCUT2D eigenvalue weighted by atomic mass is 10.1. The van der Waals surface area contributed by atoms with Gasteiger partial charge >= 0.3 is 0 Å². The highest BCUT2D eigenvalue weighted by molar-refractivity contribution is 5.94. The molecule has 0 spiro atoms. The molecule has 0 unspecified atom stereocenters. The molecule has 144 valence electrons. The van der Waals surface area contributed by atoms with E-state index in [-0.39, 0.29) is 5.91 Å². The fourth-order valence-corrected chi connectivity index (χ4v) is 3.63. The first-order valence-electron chi connectivity index (χ1n) is 9.43. The molecule has 28 heavy (non-hydrogen) atoms. The second-order valence-electron chi connectivity index (χ2n) is 7.62. The van der Waals surface area contributed by atoms with Crippen LogP contribution in [0.2, 0.25) is 0 Å². The molecule has 0 N–H and O–H groups in total. The topological polar surface area (TPSA) is 54.3 Å². The fourth-order valence-electron chi connectivity index (χ4n) is 3.63. The number of amides is 1. The third kappa shape index (κ3) is 3.55. The first-order valence-corrected chi connectivity index (χ1v) is 9.43. The van der Waals surface area contributed by atoms with E-state index < -0.39 is 0 Å². The molecule has 0 bridgehead atoms. The number of aryl methyl sites for hydroxylation is 2. The number of hydrogen-bond donors (Lipinski definition) is 0. The highest BCUT2D eigenvalue weighted by Crippen LogP contribution is 2.23. The summed E-state index contributed by atoms with van der Waals surface area (Å²) >= 11 is 0. The number of aromatic nitrogens is 3. The Bertz CT molecular complexity index is 1000. The Hall–Kier alpha value is -2.99. The maximum atomic E-state index is 12.8. The molecule has 4 rings (SSSR count). The Morgan fingerprint density at radius 2 is 1.79 bits per heavy atom. The number of fused-ring (bicyclic) bond motifs is 1. The van der Waals surface area contributed by atoms with Gasteiger partial charge < -0.3 is 4.90 Å². The fraction of sp³-hybridized carbons (Fsp3) is 0.318. The van der Waals surface area contributed by atoms with Crippen molar-refractivity contribution >= 4 is 5.91 Å². The summed E-state index contributed by atoms with van der Waals surface area (Å²) in [6.45, 7) is 4.49. The number of carbonyl (C=O) groups is 1. The first-order chi connectivity index (χ1) is 13.4. The quantitative estimate of drug-likeness (QED) is 0.703. The van der Waals surface area contributed by atoms with Crippen molar-refractivity contribution in [2.24, 2.45) is 7.05 Å². The van der Waals surface area contributed by atoms with E-state index in [4.69, 9.17) is 0 Å². The van der Waals surface area contributed by atoms with E-state index in [0.717, 1.165) is 30.0 Å². The molecule has 6 nitrogen and oxygen atoms in total. The van der Waals surface area contributed by atoms with E-state index in [2.05, 4.69) is 40.2 Å². The monoisotopic (exact) mass is 375 g/mol. The lowest BCUT2D eigenvalue weighted by Gasteiger charge is -2.18. The number of hydrogen-bond acceptors (Lipinski definition) is 4. The lowest BCUT2D eigenvalue weighted by molar-refractivity contribution is 0.0785. The summed E-state index contributed by atoms with van der Waals surface area (Å²) in [6, 6.07) is 14.0. The van der Waals surface area contributed by atoms with Gasteiger partial charge in [-0.15, -0.1) is 0 Å². The van der Waals surface area contributed by atoms with Gasteiger partial charge in [-0.25, -0.2) is 4.98 Å². The number of benzene rings is 2. The number of rotatable bonds is 4. The average molecular weight is 375 g/mol. The van der Waals surface area contributed by atoms with Crippen LogP contribution >= 0.6 is 0 Å². The number of nitrogens with zero attached hydrogens (tertiary/aromatic N) is 5. The summed E-state index contributed by atoms with van der Waals surface area (Å²) in [5.41, 5.74) is 5.48. The third-order valence-electron chi connectivity index (χ3n) is 5.29. The minimum absolute atomic E-state index is 0.00864. The van der Waals surface area contributed by atoms with Gasteiger partial charge in [0.05, 0.1) is 0 Å². The SMILES string of the molecule is Cc1nc(-c2ccc(C(=O)N(C)Cc3ccc4c(c3)CN(C)C4)cc2)nn1C. The Labute approximate surface area is 165 Å². The van der Waals surface area contributed by atoms with E-state index in [1.54, 1.807) is 9.58 Å². The second kappa shape index (κ2) is 7.20. The molecule has 1 aliphatic heterocycles. The molecule has 1 aromatic heterocycles. The molecule has 0 aliphatic carbocycles. The normalized spacial score (nSPS) is 13.6. The van der Waals surface area contributed by atoms with Crippen LogP contribution in [0.1, 0.15) is 32.9 Å². The van der Waals surface area contributed by atoms with Crippen LogP contribution in [-0.4, -0.2) is 44.6 Å². The average Bonchev–Trinajstić information content (AvgIpc) is 3.22. The first kappa shape index (κ1) is 18.4. The van der Waals surface area contributed by atoms with Crippen LogP contribution in [0.5, 0.6) is 0 Å². The molecule has 2 aromatic carbocycles. The molecule has 0 fully saturated rings. The minimum atomic E-state index is 0.00864. The standard InChI is InChI=1S/C22H25N5O/c1-15-23-21(24-27(15)4)17-7-9-18(10-8-17)22(28)26(3)12-16-5-6-19-13-25(2)14-20(19)11-16/h5-11H,12-14H2,1-4H3. The van der Waals surface area contributed by atoms with Crippen LogP contribution in [0.15, 0.2) is 42.5 Å². The van der Waals surface area contributed by atoms with E-state index in [1.807, 2.05) is 45.3 Å². The van der Waals surface area contributed by atoms with E-state index in [1.165, 1.54) is 11.1 Å². The van der Waals surface area contributed by atoms with Gasteiger partial charge in [0.15, 0.2) is 5.82 Å². The zero-order chi connectivity index (χ0) is 19.8. The van der Waals surface area contributed by atoms with Gasteiger partial charge in [-0.2, -0.15) is 5.10 Å². The number of carbonyl (C=O) groups excluding carboxylic acids is 1. The minimum Gasteiger partial charge on any atom is -0.337 e.